The molecule has 4 nitrogen and oxygen atoms in total. The van der Waals surface area contributed by atoms with Crippen LogP contribution in [0.25, 0.3) is 0 Å². The van der Waals surface area contributed by atoms with Gasteiger partial charge < -0.3 is 15.2 Å². The second kappa shape index (κ2) is 7.92. The van der Waals surface area contributed by atoms with Gasteiger partial charge in [0.1, 0.15) is 6.04 Å². The van der Waals surface area contributed by atoms with Gasteiger partial charge in [0.2, 0.25) is 0 Å². The zero-order chi connectivity index (χ0) is 11.8. The number of carbonyl (C=O) groups excluding carboxylic acids is 1. The van der Waals surface area contributed by atoms with Crippen LogP contribution in [0.1, 0.15) is 25.7 Å². The molecule has 2 atom stereocenters. The molecule has 0 bridgehead atoms. The molecule has 2 N–H and O–H groups in total. The van der Waals surface area contributed by atoms with Crippen LogP contribution in [0.2, 0.25) is 0 Å². The Bertz CT molecular complexity index is 207. The predicted octanol–water partition coefficient (Wildman–Crippen LogP) is 1.18. The molecule has 16 heavy (non-hydrogen) atoms. The molecule has 1 aliphatic heterocycles. The Balaban J connectivity index is 2.00. The number of thioether (sulfide) groups is 1. The van der Waals surface area contributed by atoms with E-state index >= 15 is 0 Å². The SMILES string of the molecule is COC(=O)C(N)CCSCC1CCCCO1. The first-order valence-electron chi connectivity index (χ1n) is 5.76. The summed E-state index contributed by atoms with van der Waals surface area (Å²) in [6.07, 6.45) is 4.69. The van der Waals surface area contributed by atoms with Crippen molar-refractivity contribution >= 4 is 17.7 Å². The molecule has 1 rings (SSSR count). The summed E-state index contributed by atoms with van der Waals surface area (Å²) in [5.74, 6) is 1.57. The fourth-order valence-electron chi connectivity index (χ4n) is 1.63. The lowest BCUT2D eigenvalue weighted by molar-refractivity contribution is -0.142. The molecular weight excluding hydrogens is 226 g/mol. The number of esters is 1. The van der Waals surface area contributed by atoms with E-state index in [-0.39, 0.29) is 5.97 Å². The first-order valence-corrected chi connectivity index (χ1v) is 6.92. The first-order chi connectivity index (χ1) is 7.74. The minimum atomic E-state index is -0.482. The third kappa shape index (κ3) is 5.18. The van der Waals surface area contributed by atoms with E-state index in [0.717, 1.165) is 24.5 Å². The molecule has 94 valence electrons. The van der Waals surface area contributed by atoms with Crippen molar-refractivity contribution in [2.45, 2.75) is 37.8 Å². The van der Waals surface area contributed by atoms with Gasteiger partial charge in [-0.15, -0.1) is 0 Å². The molecule has 2 unspecified atom stereocenters. The highest BCUT2D eigenvalue weighted by Crippen LogP contribution is 2.17. The van der Waals surface area contributed by atoms with Crippen molar-refractivity contribution in [2.75, 3.05) is 25.2 Å². The highest BCUT2D eigenvalue weighted by molar-refractivity contribution is 7.99. The highest BCUT2D eigenvalue weighted by atomic mass is 32.2. The summed E-state index contributed by atoms with van der Waals surface area (Å²) >= 11 is 1.80. The van der Waals surface area contributed by atoms with Gasteiger partial charge in [-0.05, 0) is 31.4 Å². The van der Waals surface area contributed by atoms with Gasteiger partial charge in [-0.3, -0.25) is 4.79 Å². The zero-order valence-electron chi connectivity index (χ0n) is 9.81. The first kappa shape index (κ1) is 13.8. The van der Waals surface area contributed by atoms with Crippen molar-refractivity contribution in [3.8, 4) is 0 Å². The Morgan fingerprint density at radius 3 is 3.06 bits per heavy atom. The van der Waals surface area contributed by atoms with Gasteiger partial charge in [-0.1, -0.05) is 0 Å². The number of ether oxygens (including phenoxy) is 2. The average Bonchev–Trinajstić information content (AvgIpc) is 2.34. The quantitative estimate of drug-likeness (QED) is 0.564. The van der Waals surface area contributed by atoms with Crippen LogP contribution in [-0.2, 0) is 14.3 Å². The number of hydrogen-bond acceptors (Lipinski definition) is 5. The van der Waals surface area contributed by atoms with E-state index in [1.807, 2.05) is 0 Å². The third-order valence-corrected chi connectivity index (χ3v) is 3.79. The molecule has 0 spiro atoms. The lowest BCUT2D eigenvalue weighted by Gasteiger charge is -2.22. The van der Waals surface area contributed by atoms with Crippen LogP contribution in [0, 0.1) is 0 Å². The van der Waals surface area contributed by atoms with Crippen molar-refractivity contribution in [1.82, 2.24) is 0 Å². The maximum Gasteiger partial charge on any atom is 0.322 e. The summed E-state index contributed by atoms with van der Waals surface area (Å²) < 4.78 is 10.2. The van der Waals surface area contributed by atoms with Gasteiger partial charge in [-0.2, -0.15) is 11.8 Å². The van der Waals surface area contributed by atoms with Gasteiger partial charge in [0.05, 0.1) is 13.2 Å². The molecule has 5 heteroatoms. The smallest absolute Gasteiger partial charge is 0.322 e. The predicted molar refractivity (Wildman–Crippen MR) is 65.5 cm³/mol. The summed E-state index contributed by atoms with van der Waals surface area (Å²) in [5.41, 5.74) is 5.63. The van der Waals surface area contributed by atoms with Crippen LogP contribution in [0.3, 0.4) is 0 Å². The zero-order valence-corrected chi connectivity index (χ0v) is 10.6. The molecule has 1 heterocycles. The molecule has 0 saturated carbocycles. The molecule has 1 saturated heterocycles. The largest absolute Gasteiger partial charge is 0.468 e. The van der Waals surface area contributed by atoms with Gasteiger partial charge in [0.15, 0.2) is 0 Å². The standard InChI is InChI=1S/C11H21NO3S/c1-14-11(13)10(12)5-7-16-8-9-4-2-3-6-15-9/h9-10H,2-8,12H2,1H3. The normalized spacial score (nSPS) is 22.8. The molecule has 0 radical (unpaired) electrons. The topological polar surface area (TPSA) is 61.5 Å². The van der Waals surface area contributed by atoms with E-state index in [2.05, 4.69) is 4.74 Å². The van der Waals surface area contributed by atoms with Crippen molar-refractivity contribution in [3.05, 3.63) is 0 Å². The Morgan fingerprint density at radius 2 is 2.44 bits per heavy atom. The fourth-order valence-corrected chi connectivity index (χ4v) is 2.75. The lowest BCUT2D eigenvalue weighted by atomic mass is 10.1. The van der Waals surface area contributed by atoms with Crippen LogP contribution < -0.4 is 5.73 Å². The molecular formula is C11H21NO3S. The molecule has 1 fully saturated rings. The van der Waals surface area contributed by atoms with Crippen LogP contribution in [0.15, 0.2) is 0 Å². The monoisotopic (exact) mass is 247 g/mol. The minimum Gasteiger partial charge on any atom is -0.468 e. The molecule has 0 aromatic carbocycles. The summed E-state index contributed by atoms with van der Waals surface area (Å²) in [5, 5.41) is 0. The Kier molecular flexibility index (Phi) is 6.84. The second-order valence-electron chi connectivity index (χ2n) is 3.98. The number of carbonyl (C=O) groups is 1. The van der Waals surface area contributed by atoms with Gasteiger partial charge >= 0.3 is 5.97 Å². The summed E-state index contributed by atoms with van der Waals surface area (Å²) in [6.45, 7) is 0.896. The number of nitrogens with two attached hydrogens (primary N) is 1. The van der Waals surface area contributed by atoms with Crippen molar-refractivity contribution in [1.29, 1.82) is 0 Å². The van der Waals surface area contributed by atoms with Crippen molar-refractivity contribution < 1.29 is 14.3 Å². The summed E-state index contributed by atoms with van der Waals surface area (Å²) in [6, 6.07) is -0.482. The minimum absolute atomic E-state index is 0.325. The Hall–Kier alpha value is -0.260. The maximum atomic E-state index is 11.0. The van der Waals surface area contributed by atoms with Gasteiger partial charge in [0.25, 0.3) is 0 Å². The van der Waals surface area contributed by atoms with E-state index < -0.39 is 6.04 Å². The van der Waals surface area contributed by atoms with Crippen molar-refractivity contribution in [2.24, 2.45) is 5.73 Å². The lowest BCUT2D eigenvalue weighted by Crippen LogP contribution is -2.32. The van der Waals surface area contributed by atoms with Crippen LogP contribution >= 0.6 is 11.8 Å². The second-order valence-corrected chi connectivity index (χ2v) is 5.13. The summed E-state index contributed by atoms with van der Waals surface area (Å²) in [7, 11) is 1.37. The van der Waals surface area contributed by atoms with E-state index in [1.165, 1.54) is 20.0 Å². The average molecular weight is 247 g/mol. The highest BCUT2D eigenvalue weighted by Gasteiger charge is 2.15. The van der Waals surface area contributed by atoms with Crippen LogP contribution in [0.4, 0.5) is 0 Å². The van der Waals surface area contributed by atoms with Crippen LogP contribution in [-0.4, -0.2) is 43.3 Å². The van der Waals surface area contributed by atoms with E-state index in [9.17, 15) is 4.79 Å². The molecule has 0 amide bonds. The number of hydrogen-bond donors (Lipinski definition) is 1. The molecule has 0 aromatic rings. The summed E-state index contributed by atoms with van der Waals surface area (Å²) in [4.78, 5) is 11.0. The number of rotatable bonds is 6. The Labute approximate surface area is 101 Å². The maximum absolute atomic E-state index is 11.0. The number of methoxy groups -OCH3 is 1. The fraction of sp³-hybridized carbons (Fsp3) is 0.909. The van der Waals surface area contributed by atoms with Crippen LogP contribution in [0.5, 0.6) is 0 Å². The third-order valence-electron chi connectivity index (χ3n) is 2.65. The van der Waals surface area contributed by atoms with Crippen molar-refractivity contribution in [3.63, 3.8) is 0 Å². The Morgan fingerprint density at radius 1 is 1.62 bits per heavy atom. The van der Waals surface area contributed by atoms with E-state index in [4.69, 9.17) is 10.5 Å². The molecule has 1 aliphatic rings. The van der Waals surface area contributed by atoms with E-state index in [0.29, 0.717) is 12.5 Å². The van der Waals surface area contributed by atoms with E-state index in [1.54, 1.807) is 11.8 Å². The van der Waals surface area contributed by atoms with Gasteiger partial charge in [0, 0.05) is 12.4 Å². The molecule has 0 aliphatic carbocycles. The van der Waals surface area contributed by atoms with Gasteiger partial charge in [-0.25, -0.2) is 0 Å². The molecule has 0 aromatic heterocycles.